The van der Waals surface area contributed by atoms with Gasteiger partial charge in [-0.2, -0.15) is 0 Å². The number of ether oxygens (including phenoxy) is 1. The van der Waals surface area contributed by atoms with Gasteiger partial charge in [-0.15, -0.1) is 0 Å². The first-order valence-corrected chi connectivity index (χ1v) is 6.71. The summed E-state index contributed by atoms with van der Waals surface area (Å²) in [6, 6.07) is 15.3. The van der Waals surface area contributed by atoms with Gasteiger partial charge in [-0.05, 0) is 43.2 Å². The SMILES string of the molecule is CCOc1ccc(/C=C/C(=O)c2ccccc2C)cc1. The Labute approximate surface area is 119 Å². The average molecular weight is 266 g/mol. The molecular weight excluding hydrogens is 248 g/mol. The molecule has 0 atom stereocenters. The largest absolute Gasteiger partial charge is 0.494 e. The normalized spacial score (nSPS) is 10.7. The van der Waals surface area contributed by atoms with Gasteiger partial charge in [-0.3, -0.25) is 4.79 Å². The van der Waals surface area contributed by atoms with Gasteiger partial charge in [-0.25, -0.2) is 0 Å². The fourth-order valence-electron chi connectivity index (χ4n) is 1.95. The number of rotatable bonds is 5. The van der Waals surface area contributed by atoms with Crippen LogP contribution in [0.15, 0.2) is 54.6 Å². The standard InChI is InChI=1S/C18H18O2/c1-3-20-16-11-8-15(9-12-16)10-13-18(19)17-7-5-4-6-14(17)2/h4-13H,3H2,1-2H3/b13-10+. The van der Waals surface area contributed by atoms with Gasteiger partial charge in [0.15, 0.2) is 5.78 Å². The summed E-state index contributed by atoms with van der Waals surface area (Å²) in [5.74, 6) is 0.867. The van der Waals surface area contributed by atoms with E-state index >= 15 is 0 Å². The first-order chi connectivity index (χ1) is 9.70. The van der Waals surface area contributed by atoms with Gasteiger partial charge in [-0.1, -0.05) is 42.5 Å². The van der Waals surface area contributed by atoms with Crippen molar-refractivity contribution in [2.24, 2.45) is 0 Å². The van der Waals surface area contributed by atoms with Crippen LogP contribution < -0.4 is 4.74 Å². The minimum Gasteiger partial charge on any atom is -0.494 e. The van der Waals surface area contributed by atoms with Crippen LogP contribution in [-0.2, 0) is 0 Å². The number of allylic oxidation sites excluding steroid dienone is 1. The summed E-state index contributed by atoms with van der Waals surface area (Å²) in [5, 5.41) is 0. The van der Waals surface area contributed by atoms with Crippen molar-refractivity contribution in [1.29, 1.82) is 0 Å². The molecule has 20 heavy (non-hydrogen) atoms. The Kier molecular flexibility index (Phi) is 4.72. The third kappa shape index (κ3) is 3.58. The van der Waals surface area contributed by atoms with Gasteiger partial charge in [0, 0.05) is 5.56 Å². The molecule has 2 aromatic carbocycles. The minimum atomic E-state index is 0.0250. The molecule has 0 saturated heterocycles. The van der Waals surface area contributed by atoms with E-state index in [0.717, 1.165) is 22.4 Å². The van der Waals surface area contributed by atoms with Crippen LogP contribution in [0, 0.1) is 6.92 Å². The molecule has 2 heteroatoms. The van der Waals surface area contributed by atoms with Crippen molar-refractivity contribution in [3.8, 4) is 5.75 Å². The summed E-state index contributed by atoms with van der Waals surface area (Å²) in [4.78, 5) is 12.1. The Hall–Kier alpha value is -2.35. The Morgan fingerprint density at radius 3 is 2.45 bits per heavy atom. The zero-order valence-electron chi connectivity index (χ0n) is 11.8. The summed E-state index contributed by atoms with van der Waals surface area (Å²) >= 11 is 0. The molecule has 102 valence electrons. The fourth-order valence-corrected chi connectivity index (χ4v) is 1.95. The van der Waals surface area contributed by atoms with E-state index in [9.17, 15) is 4.79 Å². The smallest absolute Gasteiger partial charge is 0.186 e. The van der Waals surface area contributed by atoms with Crippen LogP contribution in [0.3, 0.4) is 0 Å². The topological polar surface area (TPSA) is 26.3 Å². The highest BCUT2D eigenvalue weighted by atomic mass is 16.5. The summed E-state index contributed by atoms with van der Waals surface area (Å²) in [6.07, 6.45) is 3.43. The molecule has 0 spiro atoms. The van der Waals surface area contributed by atoms with E-state index in [0.29, 0.717) is 6.61 Å². The lowest BCUT2D eigenvalue weighted by Gasteiger charge is -2.02. The van der Waals surface area contributed by atoms with E-state index in [1.54, 1.807) is 6.08 Å². The number of hydrogen-bond donors (Lipinski definition) is 0. The number of carbonyl (C=O) groups excluding carboxylic acids is 1. The van der Waals surface area contributed by atoms with Crippen LogP contribution >= 0.6 is 0 Å². The third-order valence-corrected chi connectivity index (χ3v) is 3.03. The summed E-state index contributed by atoms with van der Waals surface area (Å²) in [5.41, 5.74) is 2.72. The fraction of sp³-hybridized carbons (Fsp3) is 0.167. The van der Waals surface area contributed by atoms with Crippen molar-refractivity contribution in [3.05, 3.63) is 71.3 Å². The predicted molar refractivity (Wildman–Crippen MR) is 82.2 cm³/mol. The molecule has 0 bridgehead atoms. The van der Waals surface area contributed by atoms with E-state index in [-0.39, 0.29) is 5.78 Å². The van der Waals surface area contributed by atoms with E-state index in [4.69, 9.17) is 4.74 Å². The quantitative estimate of drug-likeness (QED) is 0.596. The van der Waals surface area contributed by atoms with Gasteiger partial charge in [0.2, 0.25) is 0 Å². The number of hydrogen-bond acceptors (Lipinski definition) is 2. The van der Waals surface area contributed by atoms with Gasteiger partial charge >= 0.3 is 0 Å². The number of aryl methyl sites for hydroxylation is 1. The van der Waals surface area contributed by atoms with Crippen molar-refractivity contribution in [2.75, 3.05) is 6.61 Å². The van der Waals surface area contributed by atoms with Crippen molar-refractivity contribution in [2.45, 2.75) is 13.8 Å². The molecule has 0 aliphatic rings. The molecule has 0 amide bonds. The molecule has 0 aromatic heterocycles. The number of carbonyl (C=O) groups is 1. The predicted octanol–water partition coefficient (Wildman–Crippen LogP) is 4.29. The monoisotopic (exact) mass is 266 g/mol. The van der Waals surface area contributed by atoms with Crippen molar-refractivity contribution in [3.63, 3.8) is 0 Å². The molecule has 2 aromatic rings. The van der Waals surface area contributed by atoms with Gasteiger partial charge in [0.05, 0.1) is 6.61 Å². The Bertz CT molecular complexity index is 610. The lowest BCUT2D eigenvalue weighted by Crippen LogP contribution is -1.96. The third-order valence-electron chi connectivity index (χ3n) is 3.03. The van der Waals surface area contributed by atoms with E-state index in [1.807, 2.05) is 68.5 Å². The number of benzene rings is 2. The van der Waals surface area contributed by atoms with Crippen LogP contribution in [0.4, 0.5) is 0 Å². The summed E-state index contributed by atoms with van der Waals surface area (Å²) < 4.78 is 5.38. The maximum Gasteiger partial charge on any atom is 0.186 e. The number of ketones is 1. The second-order valence-electron chi connectivity index (χ2n) is 4.51. The highest BCUT2D eigenvalue weighted by Crippen LogP contribution is 2.14. The van der Waals surface area contributed by atoms with Gasteiger partial charge < -0.3 is 4.74 Å². The van der Waals surface area contributed by atoms with E-state index in [1.165, 1.54) is 0 Å². The van der Waals surface area contributed by atoms with Gasteiger partial charge in [0.1, 0.15) is 5.75 Å². The van der Waals surface area contributed by atoms with Crippen LogP contribution in [0.25, 0.3) is 6.08 Å². The van der Waals surface area contributed by atoms with Gasteiger partial charge in [0.25, 0.3) is 0 Å². The second-order valence-corrected chi connectivity index (χ2v) is 4.51. The molecule has 0 unspecified atom stereocenters. The highest BCUT2D eigenvalue weighted by molar-refractivity contribution is 6.07. The summed E-state index contributed by atoms with van der Waals surface area (Å²) in [6.45, 7) is 4.55. The zero-order valence-corrected chi connectivity index (χ0v) is 11.8. The average Bonchev–Trinajstić information content (AvgIpc) is 2.47. The molecule has 0 N–H and O–H groups in total. The molecule has 0 aliphatic heterocycles. The van der Waals surface area contributed by atoms with Crippen LogP contribution in [0.5, 0.6) is 5.75 Å². The first-order valence-electron chi connectivity index (χ1n) is 6.71. The summed E-state index contributed by atoms with van der Waals surface area (Å²) in [7, 11) is 0. The Morgan fingerprint density at radius 2 is 1.80 bits per heavy atom. The maximum absolute atomic E-state index is 12.1. The van der Waals surface area contributed by atoms with Crippen molar-refractivity contribution < 1.29 is 9.53 Å². The molecule has 2 nitrogen and oxygen atoms in total. The molecular formula is C18H18O2. The van der Waals surface area contributed by atoms with E-state index < -0.39 is 0 Å². The lowest BCUT2D eigenvalue weighted by molar-refractivity contribution is 0.104. The molecule has 0 saturated carbocycles. The lowest BCUT2D eigenvalue weighted by atomic mass is 10.0. The molecule has 0 aliphatic carbocycles. The maximum atomic E-state index is 12.1. The molecule has 0 fully saturated rings. The minimum absolute atomic E-state index is 0.0250. The van der Waals surface area contributed by atoms with Crippen LogP contribution in [-0.4, -0.2) is 12.4 Å². The first kappa shape index (κ1) is 14.1. The second kappa shape index (κ2) is 6.71. The van der Waals surface area contributed by atoms with E-state index in [2.05, 4.69) is 0 Å². The molecule has 0 heterocycles. The zero-order chi connectivity index (χ0) is 14.4. The van der Waals surface area contributed by atoms with Crippen molar-refractivity contribution >= 4 is 11.9 Å². The Morgan fingerprint density at radius 1 is 1.10 bits per heavy atom. The Balaban J connectivity index is 2.09. The molecule has 0 radical (unpaired) electrons. The molecule has 2 rings (SSSR count). The van der Waals surface area contributed by atoms with Crippen molar-refractivity contribution in [1.82, 2.24) is 0 Å². The van der Waals surface area contributed by atoms with Crippen LogP contribution in [0.2, 0.25) is 0 Å². The van der Waals surface area contributed by atoms with Crippen LogP contribution in [0.1, 0.15) is 28.4 Å². The highest BCUT2D eigenvalue weighted by Gasteiger charge is 2.03.